The largest absolute Gasteiger partial charge is 0.545 e. The number of rotatable bonds is 4. The summed E-state index contributed by atoms with van der Waals surface area (Å²) in [5.74, 6) is -15.8. The molecule has 0 aromatic heterocycles. The number of nitro benzene ring substituents is 1. The summed E-state index contributed by atoms with van der Waals surface area (Å²) < 4.78 is 66.3. The molecule has 0 spiro atoms. The van der Waals surface area contributed by atoms with Gasteiger partial charge in [-0.2, -0.15) is 0 Å². The molecule has 1 amide bonds. The number of carbonyl (C=O) groups excluding carboxylic acids is 2. The van der Waals surface area contributed by atoms with Crippen LogP contribution < -0.4 is 10.4 Å². The minimum atomic E-state index is -2.47. The third kappa shape index (κ3) is 3.16. The van der Waals surface area contributed by atoms with Crippen molar-refractivity contribution in [3.63, 3.8) is 0 Å². The van der Waals surface area contributed by atoms with Gasteiger partial charge in [0.05, 0.1) is 16.5 Å². The first-order chi connectivity index (χ1) is 12.1. The van der Waals surface area contributed by atoms with Gasteiger partial charge in [-0.1, -0.05) is 0 Å². The Labute approximate surface area is 139 Å². The predicted molar refractivity (Wildman–Crippen MR) is 71.6 cm³/mol. The lowest BCUT2D eigenvalue weighted by Crippen LogP contribution is -2.24. The van der Waals surface area contributed by atoms with Crippen molar-refractivity contribution in [1.82, 2.24) is 0 Å². The topological polar surface area (TPSA) is 112 Å². The van der Waals surface area contributed by atoms with E-state index in [1.165, 1.54) is 0 Å². The van der Waals surface area contributed by atoms with Gasteiger partial charge in [0.2, 0.25) is 5.82 Å². The molecule has 1 N–H and O–H groups in total. The van der Waals surface area contributed by atoms with Crippen molar-refractivity contribution in [3.05, 3.63) is 68.5 Å². The highest BCUT2D eigenvalue weighted by molar-refractivity contribution is 6.05. The zero-order valence-corrected chi connectivity index (χ0v) is 12.1. The standard InChI is InChI=1S/C14H5F5N2O5/c15-8-7(9(16)11(18)12(19)10(8)17)13(22)20-4-1-2-6(21(25)26)5(3-4)14(23)24/h1-3H,(H,20,22)(H,23,24)/p-1. The minimum absolute atomic E-state index is 0.524. The first-order valence-electron chi connectivity index (χ1n) is 6.38. The number of halogens is 5. The number of anilines is 1. The van der Waals surface area contributed by atoms with E-state index in [9.17, 15) is 46.8 Å². The van der Waals surface area contributed by atoms with Crippen LogP contribution >= 0.6 is 0 Å². The van der Waals surface area contributed by atoms with E-state index >= 15 is 0 Å². The van der Waals surface area contributed by atoms with Crippen molar-refractivity contribution in [2.75, 3.05) is 5.32 Å². The summed E-state index contributed by atoms with van der Waals surface area (Å²) >= 11 is 0. The van der Waals surface area contributed by atoms with Gasteiger partial charge in [0.15, 0.2) is 23.3 Å². The average molecular weight is 375 g/mol. The van der Waals surface area contributed by atoms with Gasteiger partial charge in [0.1, 0.15) is 5.56 Å². The molecule has 2 aromatic rings. The van der Waals surface area contributed by atoms with Crippen molar-refractivity contribution in [1.29, 1.82) is 0 Å². The Kier molecular flexibility index (Phi) is 4.86. The first kappa shape index (κ1) is 18.8. The van der Waals surface area contributed by atoms with Crippen LogP contribution in [0.4, 0.5) is 33.3 Å². The Bertz CT molecular complexity index is 934. The number of aromatic carboxylic acids is 1. The lowest BCUT2D eigenvalue weighted by atomic mass is 10.1. The second-order valence-corrected chi connectivity index (χ2v) is 4.68. The SMILES string of the molecule is O=C([O-])c1cc(NC(=O)c2c(F)c(F)c(F)c(F)c2F)ccc1[N+](=O)[O-]. The molecule has 136 valence electrons. The van der Waals surface area contributed by atoms with E-state index in [0.29, 0.717) is 12.1 Å². The maximum absolute atomic E-state index is 13.6. The summed E-state index contributed by atoms with van der Waals surface area (Å²) in [5, 5.41) is 23.3. The van der Waals surface area contributed by atoms with E-state index in [-0.39, 0.29) is 0 Å². The monoisotopic (exact) mass is 375 g/mol. The van der Waals surface area contributed by atoms with Crippen molar-refractivity contribution < 1.29 is 41.6 Å². The molecule has 2 aromatic carbocycles. The number of amides is 1. The number of carboxylic acids is 1. The van der Waals surface area contributed by atoms with Crippen LogP contribution in [-0.4, -0.2) is 16.8 Å². The van der Waals surface area contributed by atoms with Gasteiger partial charge < -0.3 is 15.2 Å². The summed E-state index contributed by atoms with van der Waals surface area (Å²) in [6.07, 6.45) is 0. The summed E-state index contributed by atoms with van der Waals surface area (Å²) in [4.78, 5) is 32.3. The normalized spacial score (nSPS) is 10.5. The Morgan fingerprint density at radius 3 is 1.88 bits per heavy atom. The number of nitro groups is 1. The summed E-state index contributed by atoms with van der Waals surface area (Å²) in [6, 6.07) is 1.95. The zero-order valence-electron chi connectivity index (χ0n) is 12.1. The molecular formula is C14H4F5N2O5-. The van der Waals surface area contributed by atoms with E-state index in [0.717, 1.165) is 6.07 Å². The Morgan fingerprint density at radius 1 is 0.923 bits per heavy atom. The van der Waals surface area contributed by atoms with E-state index in [2.05, 4.69) is 0 Å². The fraction of sp³-hybridized carbons (Fsp3) is 0. The molecule has 0 aliphatic carbocycles. The molecule has 0 saturated heterocycles. The smallest absolute Gasteiger partial charge is 0.278 e. The molecule has 0 bridgehead atoms. The average Bonchev–Trinajstić information content (AvgIpc) is 2.58. The molecule has 0 saturated carbocycles. The van der Waals surface area contributed by atoms with Crippen LogP contribution in [0.5, 0.6) is 0 Å². The van der Waals surface area contributed by atoms with Gasteiger partial charge in [0, 0.05) is 11.8 Å². The third-order valence-corrected chi connectivity index (χ3v) is 3.11. The second-order valence-electron chi connectivity index (χ2n) is 4.68. The fourth-order valence-electron chi connectivity index (χ4n) is 1.93. The van der Waals surface area contributed by atoms with Gasteiger partial charge in [-0.25, -0.2) is 22.0 Å². The molecule has 0 atom stereocenters. The number of nitrogens with zero attached hydrogens (tertiary/aromatic N) is 1. The molecule has 0 aliphatic rings. The predicted octanol–water partition coefficient (Wildman–Crippen LogP) is 1.91. The number of carboxylic acid groups (broad SMARTS) is 1. The molecule has 0 aliphatic heterocycles. The van der Waals surface area contributed by atoms with Gasteiger partial charge in [-0.05, 0) is 12.1 Å². The molecule has 0 radical (unpaired) electrons. The van der Waals surface area contributed by atoms with E-state index < -0.39 is 68.4 Å². The Hall–Kier alpha value is -3.57. The van der Waals surface area contributed by atoms with Crippen LogP contribution in [0.1, 0.15) is 20.7 Å². The molecule has 26 heavy (non-hydrogen) atoms. The summed E-state index contributed by atoms with van der Waals surface area (Å²) in [7, 11) is 0. The lowest BCUT2D eigenvalue weighted by molar-refractivity contribution is -0.385. The third-order valence-electron chi connectivity index (χ3n) is 3.11. The van der Waals surface area contributed by atoms with Crippen LogP contribution in [0.2, 0.25) is 0 Å². The fourth-order valence-corrected chi connectivity index (χ4v) is 1.93. The molecular weight excluding hydrogens is 371 g/mol. The van der Waals surface area contributed by atoms with E-state index in [4.69, 9.17) is 0 Å². The van der Waals surface area contributed by atoms with Crippen LogP contribution in [0.3, 0.4) is 0 Å². The van der Waals surface area contributed by atoms with Crippen molar-refractivity contribution >= 4 is 23.3 Å². The van der Waals surface area contributed by atoms with Crippen LogP contribution in [0.25, 0.3) is 0 Å². The van der Waals surface area contributed by atoms with Gasteiger partial charge in [-0.3, -0.25) is 14.9 Å². The molecule has 2 rings (SSSR count). The van der Waals surface area contributed by atoms with Crippen molar-refractivity contribution in [2.45, 2.75) is 0 Å². The highest BCUT2D eigenvalue weighted by Crippen LogP contribution is 2.26. The number of hydrogen-bond acceptors (Lipinski definition) is 5. The first-order valence-corrected chi connectivity index (χ1v) is 6.38. The van der Waals surface area contributed by atoms with E-state index in [1.54, 1.807) is 5.32 Å². The number of hydrogen-bond donors (Lipinski definition) is 1. The zero-order chi connectivity index (χ0) is 19.8. The highest BCUT2D eigenvalue weighted by atomic mass is 19.2. The van der Waals surface area contributed by atoms with Gasteiger partial charge >= 0.3 is 0 Å². The number of carbonyl (C=O) groups is 2. The van der Waals surface area contributed by atoms with E-state index in [1.807, 2.05) is 0 Å². The number of benzene rings is 2. The van der Waals surface area contributed by atoms with Crippen LogP contribution in [0, 0.1) is 39.2 Å². The molecule has 0 fully saturated rings. The molecule has 0 unspecified atom stereocenters. The molecule has 0 heterocycles. The van der Waals surface area contributed by atoms with Crippen LogP contribution in [0.15, 0.2) is 18.2 Å². The number of nitrogens with one attached hydrogen (secondary N) is 1. The highest BCUT2D eigenvalue weighted by Gasteiger charge is 2.30. The maximum atomic E-state index is 13.6. The molecule has 12 heteroatoms. The minimum Gasteiger partial charge on any atom is -0.545 e. The van der Waals surface area contributed by atoms with Crippen molar-refractivity contribution in [3.8, 4) is 0 Å². The summed E-state index contributed by atoms with van der Waals surface area (Å²) in [5.41, 5.74) is -4.22. The maximum Gasteiger partial charge on any atom is 0.278 e. The summed E-state index contributed by atoms with van der Waals surface area (Å²) in [6.45, 7) is 0. The van der Waals surface area contributed by atoms with Gasteiger partial charge in [-0.15, -0.1) is 0 Å². The van der Waals surface area contributed by atoms with Crippen LogP contribution in [-0.2, 0) is 0 Å². The Balaban J connectivity index is 2.48. The lowest BCUT2D eigenvalue weighted by Gasteiger charge is -2.11. The van der Waals surface area contributed by atoms with Gasteiger partial charge in [0.25, 0.3) is 11.6 Å². The molecule has 7 nitrogen and oxygen atoms in total. The van der Waals surface area contributed by atoms with Crippen molar-refractivity contribution in [2.24, 2.45) is 0 Å². The quantitative estimate of drug-likeness (QED) is 0.288. The second kappa shape index (κ2) is 6.74. The Morgan fingerprint density at radius 2 is 1.42 bits per heavy atom.